The van der Waals surface area contributed by atoms with Crippen LogP contribution in [0.5, 0.6) is 0 Å². The second kappa shape index (κ2) is 3.33. The first kappa shape index (κ1) is 9.61. The van der Waals surface area contributed by atoms with Gasteiger partial charge in [-0.15, -0.1) is 0 Å². The van der Waals surface area contributed by atoms with Gasteiger partial charge in [0.15, 0.2) is 5.41 Å². The molecule has 2 rings (SSSR count). The number of carboxylic acids is 1. The number of aliphatic carboxylic acids is 1. The smallest absolute Gasteiger partial charge is 0.320 e. The van der Waals surface area contributed by atoms with Crippen LogP contribution in [-0.2, 0) is 14.9 Å². The Morgan fingerprint density at radius 3 is 2.64 bits per heavy atom. The van der Waals surface area contributed by atoms with E-state index in [1.54, 1.807) is 18.3 Å². The largest absolute Gasteiger partial charge is 0.480 e. The Hall–Kier alpha value is -0.940. The zero-order chi connectivity index (χ0) is 10.2. The Morgan fingerprint density at radius 2 is 2.29 bits per heavy atom. The van der Waals surface area contributed by atoms with E-state index >= 15 is 0 Å². The molecule has 74 valence electrons. The average Bonchev–Trinajstić information content (AvgIpc) is 2.05. The summed E-state index contributed by atoms with van der Waals surface area (Å²) >= 11 is 3.25. The van der Waals surface area contributed by atoms with E-state index in [1.807, 2.05) is 0 Å². The molecule has 0 aliphatic carbocycles. The topological polar surface area (TPSA) is 59.4 Å². The van der Waals surface area contributed by atoms with E-state index < -0.39 is 11.4 Å². The SMILES string of the molecule is O=C(O)C1(c2ccc(Br)cn2)COC1. The minimum atomic E-state index is -0.930. The maximum absolute atomic E-state index is 11.1. The number of nitrogens with zero attached hydrogens (tertiary/aromatic N) is 1. The molecule has 14 heavy (non-hydrogen) atoms. The molecule has 1 saturated heterocycles. The predicted molar refractivity (Wildman–Crippen MR) is 52.1 cm³/mol. The van der Waals surface area contributed by atoms with E-state index in [9.17, 15) is 4.79 Å². The van der Waals surface area contributed by atoms with Crippen LogP contribution in [0, 0.1) is 0 Å². The Morgan fingerprint density at radius 1 is 1.57 bits per heavy atom. The van der Waals surface area contributed by atoms with Crippen molar-refractivity contribution in [2.75, 3.05) is 13.2 Å². The highest BCUT2D eigenvalue weighted by molar-refractivity contribution is 9.10. The molecule has 1 aromatic heterocycles. The molecule has 0 unspecified atom stereocenters. The van der Waals surface area contributed by atoms with Gasteiger partial charge >= 0.3 is 5.97 Å². The minimum absolute atomic E-state index is 0.205. The molecular formula is C9H8BrNO3. The quantitative estimate of drug-likeness (QED) is 0.865. The van der Waals surface area contributed by atoms with Crippen molar-refractivity contribution >= 4 is 21.9 Å². The first-order valence-corrected chi connectivity index (χ1v) is 4.88. The van der Waals surface area contributed by atoms with Crippen molar-refractivity contribution < 1.29 is 14.6 Å². The van der Waals surface area contributed by atoms with E-state index in [4.69, 9.17) is 9.84 Å². The molecule has 4 nitrogen and oxygen atoms in total. The van der Waals surface area contributed by atoms with Gasteiger partial charge in [0.1, 0.15) is 0 Å². The van der Waals surface area contributed by atoms with Gasteiger partial charge in [0.25, 0.3) is 0 Å². The zero-order valence-corrected chi connectivity index (χ0v) is 8.82. The van der Waals surface area contributed by atoms with Crippen LogP contribution < -0.4 is 0 Å². The van der Waals surface area contributed by atoms with E-state index in [2.05, 4.69) is 20.9 Å². The van der Waals surface area contributed by atoms with Crippen molar-refractivity contribution in [3.05, 3.63) is 28.5 Å². The van der Waals surface area contributed by atoms with Gasteiger partial charge in [0, 0.05) is 10.7 Å². The van der Waals surface area contributed by atoms with Gasteiger partial charge < -0.3 is 9.84 Å². The fourth-order valence-electron chi connectivity index (χ4n) is 1.35. The number of carbonyl (C=O) groups is 1. The van der Waals surface area contributed by atoms with E-state index in [-0.39, 0.29) is 13.2 Å². The predicted octanol–water partition coefficient (Wildman–Crippen LogP) is 1.20. The summed E-state index contributed by atoms with van der Waals surface area (Å²) in [7, 11) is 0. The summed E-state index contributed by atoms with van der Waals surface area (Å²) < 4.78 is 5.79. The molecule has 1 aliphatic rings. The lowest BCUT2D eigenvalue weighted by molar-refractivity contribution is -0.163. The number of hydrogen-bond acceptors (Lipinski definition) is 3. The standard InChI is InChI=1S/C9H8BrNO3/c10-6-1-2-7(11-3-6)9(8(12)13)4-14-5-9/h1-3H,4-5H2,(H,12,13). The van der Waals surface area contributed by atoms with Crippen LogP contribution in [0.2, 0.25) is 0 Å². The van der Waals surface area contributed by atoms with Gasteiger partial charge in [-0.05, 0) is 28.1 Å². The summed E-state index contributed by atoms with van der Waals surface area (Å²) in [6, 6.07) is 3.49. The van der Waals surface area contributed by atoms with Crippen LogP contribution in [0.4, 0.5) is 0 Å². The summed E-state index contributed by atoms with van der Waals surface area (Å²) in [6.45, 7) is 0.411. The Bertz CT molecular complexity index is 359. The van der Waals surface area contributed by atoms with E-state index in [0.29, 0.717) is 5.69 Å². The highest BCUT2D eigenvalue weighted by atomic mass is 79.9. The van der Waals surface area contributed by atoms with Crippen LogP contribution in [0.25, 0.3) is 0 Å². The number of aromatic nitrogens is 1. The van der Waals surface area contributed by atoms with E-state index in [1.165, 1.54) is 0 Å². The maximum atomic E-state index is 11.1. The monoisotopic (exact) mass is 257 g/mol. The van der Waals surface area contributed by atoms with Gasteiger partial charge in [-0.2, -0.15) is 0 Å². The van der Waals surface area contributed by atoms with Crippen molar-refractivity contribution in [2.24, 2.45) is 0 Å². The van der Waals surface area contributed by atoms with Crippen molar-refractivity contribution in [1.82, 2.24) is 4.98 Å². The molecule has 0 radical (unpaired) electrons. The second-order valence-electron chi connectivity index (χ2n) is 3.24. The molecule has 0 aromatic carbocycles. The van der Waals surface area contributed by atoms with Gasteiger partial charge in [0.05, 0.1) is 18.9 Å². The van der Waals surface area contributed by atoms with Crippen molar-refractivity contribution in [3.63, 3.8) is 0 Å². The van der Waals surface area contributed by atoms with Crippen LogP contribution in [-0.4, -0.2) is 29.3 Å². The number of hydrogen-bond donors (Lipinski definition) is 1. The zero-order valence-electron chi connectivity index (χ0n) is 7.24. The lowest BCUT2D eigenvalue weighted by atomic mass is 9.82. The fourth-order valence-corrected chi connectivity index (χ4v) is 1.58. The molecule has 5 heteroatoms. The minimum Gasteiger partial charge on any atom is -0.480 e. The Balaban J connectivity index is 2.37. The Kier molecular flexibility index (Phi) is 2.28. The summed E-state index contributed by atoms with van der Waals surface area (Å²) in [4.78, 5) is 15.1. The fraction of sp³-hybridized carbons (Fsp3) is 0.333. The van der Waals surface area contributed by atoms with Crippen LogP contribution >= 0.6 is 15.9 Å². The summed E-state index contributed by atoms with van der Waals surface area (Å²) in [5, 5.41) is 9.07. The number of halogens is 1. The number of rotatable bonds is 2. The second-order valence-corrected chi connectivity index (χ2v) is 4.16. The molecule has 0 atom stereocenters. The van der Waals surface area contributed by atoms with E-state index in [0.717, 1.165) is 4.47 Å². The molecule has 0 bridgehead atoms. The molecule has 2 heterocycles. The number of carboxylic acid groups (broad SMARTS) is 1. The van der Waals surface area contributed by atoms with Gasteiger partial charge in [0.2, 0.25) is 0 Å². The van der Waals surface area contributed by atoms with Gasteiger partial charge in [-0.3, -0.25) is 9.78 Å². The lowest BCUT2D eigenvalue weighted by Gasteiger charge is -2.36. The summed E-state index contributed by atoms with van der Waals surface area (Å²) in [6.07, 6.45) is 1.60. The third kappa shape index (κ3) is 1.33. The van der Waals surface area contributed by atoms with Crippen molar-refractivity contribution in [3.8, 4) is 0 Å². The highest BCUT2D eigenvalue weighted by Gasteiger charge is 2.49. The molecule has 1 fully saturated rings. The van der Waals surface area contributed by atoms with Gasteiger partial charge in [-0.25, -0.2) is 0 Å². The van der Waals surface area contributed by atoms with Gasteiger partial charge in [-0.1, -0.05) is 0 Å². The summed E-state index contributed by atoms with van der Waals surface area (Å²) in [5.74, 6) is -0.876. The van der Waals surface area contributed by atoms with Crippen molar-refractivity contribution in [2.45, 2.75) is 5.41 Å². The first-order valence-electron chi connectivity index (χ1n) is 4.08. The highest BCUT2D eigenvalue weighted by Crippen LogP contribution is 2.31. The molecule has 0 spiro atoms. The molecule has 1 aliphatic heterocycles. The molecule has 1 N–H and O–H groups in total. The Labute approximate surface area is 89.0 Å². The summed E-state index contributed by atoms with van der Waals surface area (Å²) in [5.41, 5.74) is -0.375. The number of pyridine rings is 1. The third-order valence-corrected chi connectivity index (χ3v) is 2.79. The average molecular weight is 258 g/mol. The lowest BCUT2D eigenvalue weighted by Crippen LogP contribution is -2.53. The maximum Gasteiger partial charge on any atom is 0.320 e. The number of ether oxygens (including phenoxy) is 1. The van der Waals surface area contributed by atoms with Crippen LogP contribution in [0.15, 0.2) is 22.8 Å². The van der Waals surface area contributed by atoms with Crippen LogP contribution in [0.1, 0.15) is 5.69 Å². The molecular weight excluding hydrogens is 250 g/mol. The molecule has 1 aromatic rings. The molecule has 0 saturated carbocycles. The first-order chi connectivity index (χ1) is 6.65. The van der Waals surface area contributed by atoms with Crippen molar-refractivity contribution in [1.29, 1.82) is 0 Å². The van der Waals surface area contributed by atoms with Crippen LogP contribution in [0.3, 0.4) is 0 Å². The normalized spacial score (nSPS) is 18.6. The molecule has 0 amide bonds. The third-order valence-electron chi connectivity index (χ3n) is 2.32.